The summed E-state index contributed by atoms with van der Waals surface area (Å²) < 4.78 is 1.87. The summed E-state index contributed by atoms with van der Waals surface area (Å²) in [6.07, 6.45) is 1.88. The fourth-order valence-electron chi connectivity index (χ4n) is 2.29. The van der Waals surface area contributed by atoms with Crippen LogP contribution >= 0.6 is 0 Å². The molecule has 18 heavy (non-hydrogen) atoms. The van der Waals surface area contributed by atoms with Crippen molar-refractivity contribution in [2.45, 2.75) is 13.3 Å². The Hall–Kier alpha value is -2.36. The number of fused-ring (bicyclic) bond motifs is 3. The molecule has 3 rings (SSSR count). The van der Waals surface area contributed by atoms with Gasteiger partial charge in [0.15, 0.2) is 0 Å². The van der Waals surface area contributed by atoms with Crippen LogP contribution in [-0.2, 0) is 11.2 Å². The van der Waals surface area contributed by atoms with Gasteiger partial charge in [-0.3, -0.25) is 4.79 Å². The molecule has 0 aliphatic carbocycles. The first-order chi connectivity index (χ1) is 8.66. The van der Waals surface area contributed by atoms with Gasteiger partial charge in [0.25, 0.3) is 0 Å². The second kappa shape index (κ2) is 3.84. The number of rotatable bonds is 2. The molecule has 0 radical (unpaired) electrons. The van der Waals surface area contributed by atoms with Gasteiger partial charge in [-0.15, -0.1) is 0 Å². The smallest absolute Gasteiger partial charge is 0.309 e. The SMILES string of the molecule is Cc1nc2c3ccccc3ccn2c1CC(=O)O. The van der Waals surface area contributed by atoms with Gasteiger partial charge < -0.3 is 9.51 Å². The van der Waals surface area contributed by atoms with E-state index in [9.17, 15) is 4.79 Å². The van der Waals surface area contributed by atoms with Crippen LogP contribution in [0, 0.1) is 6.92 Å². The minimum absolute atomic E-state index is 0.00859. The average Bonchev–Trinajstić information content (AvgIpc) is 2.66. The number of aryl methyl sites for hydroxylation is 1. The minimum Gasteiger partial charge on any atom is -0.481 e. The molecular weight excluding hydrogens is 228 g/mol. The molecule has 0 saturated carbocycles. The lowest BCUT2D eigenvalue weighted by Gasteiger charge is -2.02. The molecule has 0 unspecified atom stereocenters. The van der Waals surface area contributed by atoms with Crippen LogP contribution in [-0.4, -0.2) is 20.5 Å². The third-order valence-electron chi connectivity index (χ3n) is 3.13. The van der Waals surface area contributed by atoms with Gasteiger partial charge in [0.05, 0.1) is 17.8 Å². The van der Waals surface area contributed by atoms with E-state index in [2.05, 4.69) is 4.98 Å². The van der Waals surface area contributed by atoms with Crippen molar-refractivity contribution in [2.75, 3.05) is 0 Å². The monoisotopic (exact) mass is 240 g/mol. The molecule has 3 aromatic rings. The zero-order chi connectivity index (χ0) is 12.7. The maximum absolute atomic E-state index is 10.9. The Balaban J connectivity index is 2.37. The van der Waals surface area contributed by atoms with Crippen LogP contribution in [0.1, 0.15) is 11.4 Å². The van der Waals surface area contributed by atoms with Crippen molar-refractivity contribution in [3.8, 4) is 0 Å². The average molecular weight is 240 g/mol. The standard InChI is InChI=1S/C14H12N2O2/c1-9-12(8-13(17)18)16-7-6-10-4-2-3-5-11(10)14(16)15-9/h2-7H,8H2,1H3,(H,17,18). The highest BCUT2D eigenvalue weighted by Gasteiger charge is 2.13. The number of benzene rings is 1. The lowest BCUT2D eigenvalue weighted by molar-refractivity contribution is -0.136. The van der Waals surface area contributed by atoms with Crippen LogP contribution in [0.4, 0.5) is 0 Å². The van der Waals surface area contributed by atoms with Crippen molar-refractivity contribution in [2.24, 2.45) is 0 Å². The Kier molecular flexibility index (Phi) is 2.30. The van der Waals surface area contributed by atoms with Gasteiger partial charge in [-0.25, -0.2) is 4.98 Å². The van der Waals surface area contributed by atoms with Gasteiger partial charge in [-0.1, -0.05) is 24.3 Å². The van der Waals surface area contributed by atoms with Gasteiger partial charge in [-0.2, -0.15) is 0 Å². The summed E-state index contributed by atoms with van der Waals surface area (Å²) in [5.74, 6) is -0.840. The normalized spacial score (nSPS) is 11.2. The highest BCUT2D eigenvalue weighted by Crippen LogP contribution is 2.22. The molecule has 0 aliphatic rings. The molecule has 0 amide bonds. The van der Waals surface area contributed by atoms with Gasteiger partial charge in [0.2, 0.25) is 0 Å². The summed E-state index contributed by atoms with van der Waals surface area (Å²) in [7, 11) is 0. The van der Waals surface area contributed by atoms with Crippen LogP contribution in [0.25, 0.3) is 16.4 Å². The van der Waals surface area contributed by atoms with Crippen molar-refractivity contribution in [3.05, 3.63) is 47.9 Å². The first kappa shape index (κ1) is 10.8. The quantitative estimate of drug-likeness (QED) is 0.748. The topological polar surface area (TPSA) is 54.6 Å². The summed E-state index contributed by atoms with van der Waals surface area (Å²) in [6.45, 7) is 1.85. The maximum atomic E-state index is 10.9. The number of carboxylic acid groups (broad SMARTS) is 1. The molecule has 90 valence electrons. The Labute approximate surface area is 104 Å². The molecule has 2 heterocycles. The van der Waals surface area contributed by atoms with Crippen molar-refractivity contribution in [3.63, 3.8) is 0 Å². The first-order valence-electron chi connectivity index (χ1n) is 5.74. The van der Waals surface area contributed by atoms with Crippen LogP contribution in [0.5, 0.6) is 0 Å². The molecule has 4 nitrogen and oxygen atoms in total. The van der Waals surface area contributed by atoms with Gasteiger partial charge in [0, 0.05) is 11.6 Å². The summed E-state index contributed by atoms with van der Waals surface area (Å²) in [6, 6.07) is 9.95. The molecule has 0 spiro atoms. The molecule has 4 heteroatoms. The molecule has 1 aromatic carbocycles. The van der Waals surface area contributed by atoms with Crippen LogP contribution in [0.15, 0.2) is 36.5 Å². The summed E-state index contributed by atoms with van der Waals surface area (Å²) >= 11 is 0. The van der Waals surface area contributed by atoms with E-state index in [-0.39, 0.29) is 6.42 Å². The summed E-state index contributed by atoms with van der Waals surface area (Å²) in [4.78, 5) is 15.4. The first-order valence-corrected chi connectivity index (χ1v) is 5.74. The van der Waals surface area contributed by atoms with Crippen LogP contribution in [0.2, 0.25) is 0 Å². The number of carbonyl (C=O) groups is 1. The number of pyridine rings is 1. The number of nitrogens with zero attached hydrogens (tertiary/aromatic N) is 2. The number of aromatic nitrogens is 2. The number of hydrogen-bond donors (Lipinski definition) is 1. The highest BCUT2D eigenvalue weighted by molar-refractivity contribution is 5.94. The Morgan fingerprint density at radius 1 is 1.33 bits per heavy atom. The minimum atomic E-state index is -0.840. The van der Waals surface area contributed by atoms with E-state index < -0.39 is 5.97 Å². The maximum Gasteiger partial charge on any atom is 0.309 e. The van der Waals surface area contributed by atoms with Crippen molar-refractivity contribution in [1.82, 2.24) is 9.38 Å². The molecule has 0 atom stereocenters. The van der Waals surface area contributed by atoms with E-state index in [1.807, 2.05) is 47.9 Å². The van der Waals surface area contributed by atoms with Crippen molar-refractivity contribution < 1.29 is 9.90 Å². The Bertz CT molecular complexity index is 759. The lowest BCUT2D eigenvalue weighted by atomic mass is 10.2. The molecule has 0 aliphatic heterocycles. The number of aliphatic carboxylic acids is 1. The molecular formula is C14H12N2O2. The Morgan fingerprint density at radius 3 is 2.89 bits per heavy atom. The third kappa shape index (κ3) is 1.54. The van der Waals surface area contributed by atoms with Gasteiger partial charge in [0.1, 0.15) is 5.65 Å². The van der Waals surface area contributed by atoms with E-state index in [1.54, 1.807) is 0 Å². The predicted molar refractivity (Wildman–Crippen MR) is 68.8 cm³/mol. The van der Waals surface area contributed by atoms with Crippen LogP contribution < -0.4 is 0 Å². The molecule has 0 fully saturated rings. The lowest BCUT2D eigenvalue weighted by Crippen LogP contribution is -2.04. The zero-order valence-corrected chi connectivity index (χ0v) is 9.92. The predicted octanol–water partition coefficient (Wildman–Crippen LogP) is 2.42. The molecule has 0 saturated heterocycles. The summed E-state index contributed by atoms with van der Waals surface area (Å²) in [5, 5.41) is 11.1. The van der Waals surface area contributed by atoms with E-state index in [0.717, 1.165) is 27.8 Å². The zero-order valence-electron chi connectivity index (χ0n) is 9.92. The highest BCUT2D eigenvalue weighted by atomic mass is 16.4. The number of imidazole rings is 1. The van der Waals surface area contributed by atoms with Gasteiger partial charge >= 0.3 is 5.97 Å². The fraction of sp³-hybridized carbons (Fsp3) is 0.143. The number of carboxylic acids is 1. The Morgan fingerprint density at radius 2 is 2.11 bits per heavy atom. The molecule has 2 aromatic heterocycles. The van der Waals surface area contributed by atoms with Crippen LogP contribution in [0.3, 0.4) is 0 Å². The summed E-state index contributed by atoms with van der Waals surface area (Å²) in [5.41, 5.74) is 2.33. The third-order valence-corrected chi connectivity index (χ3v) is 3.13. The van der Waals surface area contributed by atoms with E-state index >= 15 is 0 Å². The van der Waals surface area contributed by atoms with E-state index in [4.69, 9.17) is 5.11 Å². The van der Waals surface area contributed by atoms with E-state index in [1.165, 1.54) is 0 Å². The van der Waals surface area contributed by atoms with Crippen molar-refractivity contribution in [1.29, 1.82) is 0 Å². The van der Waals surface area contributed by atoms with Crippen molar-refractivity contribution >= 4 is 22.4 Å². The van der Waals surface area contributed by atoms with Gasteiger partial charge in [-0.05, 0) is 18.4 Å². The van der Waals surface area contributed by atoms with E-state index in [0.29, 0.717) is 0 Å². The largest absolute Gasteiger partial charge is 0.481 e. The number of hydrogen-bond acceptors (Lipinski definition) is 2. The second-order valence-corrected chi connectivity index (χ2v) is 4.31. The molecule has 0 bridgehead atoms. The second-order valence-electron chi connectivity index (χ2n) is 4.31. The fourth-order valence-corrected chi connectivity index (χ4v) is 2.29. The molecule has 1 N–H and O–H groups in total.